The molecule has 1 N–H and O–H groups in total. The lowest BCUT2D eigenvalue weighted by atomic mass is 10.1. The number of carbonyl (C=O) groups excluding carboxylic acids is 2. The third-order valence-electron chi connectivity index (χ3n) is 4.19. The van der Waals surface area contributed by atoms with E-state index in [-0.39, 0.29) is 42.4 Å². The molecule has 0 bridgehead atoms. The van der Waals surface area contributed by atoms with Gasteiger partial charge in [-0.3, -0.25) is 9.59 Å². The van der Waals surface area contributed by atoms with Crippen molar-refractivity contribution in [3.63, 3.8) is 0 Å². The Balaban J connectivity index is 1.67. The number of carbonyl (C=O) groups is 2. The summed E-state index contributed by atoms with van der Waals surface area (Å²) in [5.74, 6) is -2.05. The number of hydrogen-bond acceptors (Lipinski definition) is 2. The van der Waals surface area contributed by atoms with Crippen LogP contribution in [0.5, 0.6) is 0 Å². The maximum atomic E-state index is 13.8. The van der Waals surface area contributed by atoms with Gasteiger partial charge in [-0.1, -0.05) is 12.1 Å². The molecule has 1 aliphatic carbocycles. The first-order chi connectivity index (χ1) is 10.5. The van der Waals surface area contributed by atoms with Crippen molar-refractivity contribution in [2.75, 3.05) is 0 Å². The normalized spacial score (nSPS) is 21.3. The second kappa shape index (κ2) is 6.02. The monoisotopic (exact) mass is 308 g/mol. The summed E-state index contributed by atoms with van der Waals surface area (Å²) in [7, 11) is 0. The predicted octanol–water partition coefficient (Wildman–Crippen LogP) is 2.12. The van der Waals surface area contributed by atoms with Gasteiger partial charge in [0.25, 0.3) is 0 Å². The molecule has 3 rings (SSSR count). The summed E-state index contributed by atoms with van der Waals surface area (Å²) in [6, 6.07) is 3.97. The number of rotatable bonds is 5. The number of halogens is 2. The molecule has 4 nitrogen and oxygen atoms in total. The molecular formula is C16H18F2N2O2. The van der Waals surface area contributed by atoms with E-state index < -0.39 is 11.6 Å². The van der Waals surface area contributed by atoms with Crippen LogP contribution < -0.4 is 5.32 Å². The molecule has 1 aromatic rings. The summed E-state index contributed by atoms with van der Waals surface area (Å²) in [4.78, 5) is 25.4. The summed E-state index contributed by atoms with van der Waals surface area (Å²) in [5.41, 5.74) is 0.142. The molecule has 1 heterocycles. The molecule has 1 saturated carbocycles. The van der Waals surface area contributed by atoms with Crippen LogP contribution in [-0.4, -0.2) is 28.8 Å². The molecule has 1 saturated heterocycles. The van der Waals surface area contributed by atoms with Gasteiger partial charge in [-0.15, -0.1) is 0 Å². The van der Waals surface area contributed by atoms with E-state index in [4.69, 9.17) is 0 Å². The molecule has 0 aromatic heterocycles. The Morgan fingerprint density at radius 3 is 2.77 bits per heavy atom. The lowest BCUT2D eigenvalue weighted by molar-refractivity contribution is -0.130. The van der Waals surface area contributed by atoms with Crippen LogP contribution in [-0.2, 0) is 16.1 Å². The summed E-state index contributed by atoms with van der Waals surface area (Å²) in [6.45, 7) is 0.00377. The predicted molar refractivity (Wildman–Crippen MR) is 75.7 cm³/mol. The molecule has 6 heteroatoms. The molecule has 2 aliphatic rings. The molecule has 118 valence electrons. The first-order valence-electron chi connectivity index (χ1n) is 7.56. The van der Waals surface area contributed by atoms with Crippen molar-refractivity contribution in [1.29, 1.82) is 0 Å². The molecule has 0 unspecified atom stereocenters. The molecule has 1 aromatic carbocycles. The lowest BCUT2D eigenvalue weighted by Gasteiger charge is -2.25. The minimum absolute atomic E-state index is 0.00377. The average molecular weight is 308 g/mol. The van der Waals surface area contributed by atoms with Gasteiger partial charge in [-0.05, 0) is 25.3 Å². The third-order valence-corrected chi connectivity index (χ3v) is 4.19. The van der Waals surface area contributed by atoms with Crippen molar-refractivity contribution >= 4 is 11.8 Å². The Morgan fingerprint density at radius 2 is 2.05 bits per heavy atom. The van der Waals surface area contributed by atoms with Gasteiger partial charge in [0.2, 0.25) is 11.8 Å². The standard InChI is InChI=1S/C16H18F2N2O2/c17-13-3-1-2-10(16(13)18)9-20-12(6-7-15(20)22)8-14(21)19-11-4-5-11/h1-3,11-12H,4-9H2,(H,19,21)/t12-/m1/s1. The molecular weight excluding hydrogens is 290 g/mol. The fraction of sp³-hybridized carbons (Fsp3) is 0.500. The van der Waals surface area contributed by atoms with Gasteiger partial charge in [-0.2, -0.15) is 0 Å². The van der Waals surface area contributed by atoms with Gasteiger partial charge in [0.15, 0.2) is 11.6 Å². The van der Waals surface area contributed by atoms with E-state index in [1.165, 1.54) is 17.0 Å². The Labute approximate surface area is 127 Å². The molecule has 0 spiro atoms. The van der Waals surface area contributed by atoms with Crippen molar-refractivity contribution in [2.45, 2.75) is 50.7 Å². The van der Waals surface area contributed by atoms with Crippen molar-refractivity contribution in [3.8, 4) is 0 Å². The van der Waals surface area contributed by atoms with Crippen LogP contribution in [0, 0.1) is 11.6 Å². The van der Waals surface area contributed by atoms with Crippen LogP contribution in [0.1, 0.15) is 37.7 Å². The lowest BCUT2D eigenvalue weighted by Crippen LogP contribution is -2.37. The number of nitrogens with zero attached hydrogens (tertiary/aromatic N) is 1. The number of amides is 2. The second-order valence-corrected chi connectivity index (χ2v) is 5.97. The quantitative estimate of drug-likeness (QED) is 0.906. The van der Waals surface area contributed by atoms with E-state index in [0.717, 1.165) is 18.9 Å². The first-order valence-corrected chi connectivity index (χ1v) is 7.56. The Kier molecular flexibility index (Phi) is 4.09. The van der Waals surface area contributed by atoms with Crippen molar-refractivity contribution in [1.82, 2.24) is 10.2 Å². The Morgan fingerprint density at radius 1 is 1.27 bits per heavy atom. The summed E-state index contributed by atoms with van der Waals surface area (Å²) in [6.07, 6.45) is 3.16. The van der Waals surface area contributed by atoms with Crippen LogP contribution in [0.25, 0.3) is 0 Å². The van der Waals surface area contributed by atoms with Crippen molar-refractivity contribution in [3.05, 3.63) is 35.4 Å². The first kappa shape index (κ1) is 14.9. The SMILES string of the molecule is O=C(C[C@H]1CCC(=O)N1Cc1cccc(F)c1F)NC1CC1. The number of likely N-dealkylation sites (tertiary alicyclic amines) is 1. The smallest absolute Gasteiger partial charge is 0.223 e. The summed E-state index contributed by atoms with van der Waals surface area (Å²) in [5, 5.41) is 2.89. The maximum Gasteiger partial charge on any atom is 0.223 e. The van der Waals surface area contributed by atoms with E-state index in [9.17, 15) is 18.4 Å². The number of hydrogen-bond donors (Lipinski definition) is 1. The van der Waals surface area contributed by atoms with E-state index in [0.29, 0.717) is 12.8 Å². The van der Waals surface area contributed by atoms with Crippen LogP contribution in [0.3, 0.4) is 0 Å². The fourth-order valence-corrected chi connectivity index (χ4v) is 2.81. The highest BCUT2D eigenvalue weighted by Crippen LogP contribution is 2.26. The number of nitrogens with one attached hydrogen (secondary N) is 1. The molecule has 2 amide bonds. The molecule has 1 aliphatic heterocycles. The maximum absolute atomic E-state index is 13.8. The zero-order valence-corrected chi connectivity index (χ0v) is 12.1. The minimum atomic E-state index is -0.927. The van der Waals surface area contributed by atoms with E-state index in [2.05, 4.69) is 5.32 Å². The van der Waals surface area contributed by atoms with E-state index >= 15 is 0 Å². The Hall–Kier alpha value is -1.98. The highest BCUT2D eigenvalue weighted by Gasteiger charge is 2.34. The zero-order valence-electron chi connectivity index (χ0n) is 12.1. The second-order valence-electron chi connectivity index (χ2n) is 5.97. The fourth-order valence-electron chi connectivity index (χ4n) is 2.81. The van der Waals surface area contributed by atoms with Crippen LogP contribution in [0.2, 0.25) is 0 Å². The number of benzene rings is 1. The average Bonchev–Trinajstić information content (AvgIpc) is 3.22. The van der Waals surface area contributed by atoms with Gasteiger partial charge >= 0.3 is 0 Å². The minimum Gasteiger partial charge on any atom is -0.353 e. The van der Waals surface area contributed by atoms with Crippen molar-refractivity contribution < 1.29 is 18.4 Å². The third kappa shape index (κ3) is 3.26. The largest absolute Gasteiger partial charge is 0.353 e. The summed E-state index contributed by atoms with van der Waals surface area (Å²) >= 11 is 0. The molecule has 1 atom stereocenters. The summed E-state index contributed by atoms with van der Waals surface area (Å²) < 4.78 is 27.0. The molecule has 2 fully saturated rings. The van der Waals surface area contributed by atoms with Crippen LogP contribution >= 0.6 is 0 Å². The molecule has 0 radical (unpaired) electrons. The van der Waals surface area contributed by atoms with Crippen molar-refractivity contribution in [2.24, 2.45) is 0 Å². The zero-order chi connectivity index (χ0) is 15.7. The topological polar surface area (TPSA) is 49.4 Å². The molecule has 22 heavy (non-hydrogen) atoms. The highest BCUT2D eigenvalue weighted by atomic mass is 19.2. The Bertz CT molecular complexity index is 602. The van der Waals surface area contributed by atoms with E-state index in [1.54, 1.807) is 0 Å². The van der Waals surface area contributed by atoms with Gasteiger partial charge in [0, 0.05) is 37.0 Å². The van der Waals surface area contributed by atoms with Crippen LogP contribution in [0.4, 0.5) is 8.78 Å². The van der Waals surface area contributed by atoms with Crippen LogP contribution in [0.15, 0.2) is 18.2 Å². The van der Waals surface area contributed by atoms with Gasteiger partial charge in [0.1, 0.15) is 0 Å². The van der Waals surface area contributed by atoms with E-state index in [1.807, 2.05) is 0 Å². The van der Waals surface area contributed by atoms with Gasteiger partial charge in [-0.25, -0.2) is 8.78 Å². The highest BCUT2D eigenvalue weighted by molar-refractivity contribution is 5.82. The van der Waals surface area contributed by atoms with Gasteiger partial charge in [0.05, 0.1) is 0 Å². The van der Waals surface area contributed by atoms with Gasteiger partial charge < -0.3 is 10.2 Å².